The van der Waals surface area contributed by atoms with E-state index in [2.05, 4.69) is 16.0 Å². The molecule has 1 aliphatic rings. The molecule has 0 spiro atoms. The molecule has 10 nitrogen and oxygen atoms in total. The van der Waals surface area contributed by atoms with Crippen molar-refractivity contribution in [1.29, 1.82) is 0 Å². The predicted molar refractivity (Wildman–Crippen MR) is 152 cm³/mol. The molecule has 0 fully saturated rings. The minimum Gasteiger partial charge on any atom is -0.341 e. The van der Waals surface area contributed by atoms with E-state index in [1.165, 1.54) is 9.80 Å². The fourth-order valence-corrected chi connectivity index (χ4v) is 4.89. The number of anilines is 1. The lowest BCUT2D eigenvalue weighted by atomic mass is 10.1. The summed E-state index contributed by atoms with van der Waals surface area (Å²) >= 11 is 8.07. The van der Waals surface area contributed by atoms with E-state index >= 15 is 0 Å². The van der Waals surface area contributed by atoms with Gasteiger partial charge < -0.3 is 30.5 Å². The third-order valence-corrected chi connectivity index (χ3v) is 7.35. The van der Waals surface area contributed by atoms with E-state index in [9.17, 15) is 24.0 Å². The van der Waals surface area contributed by atoms with E-state index in [0.717, 1.165) is 28.9 Å². The topological polar surface area (TPSA) is 128 Å². The lowest BCUT2D eigenvalue weighted by Gasteiger charge is -2.24. The van der Waals surface area contributed by atoms with Gasteiger partial charge in [0, 0.05) is 42.8 Å². The summed E-state index contributed by atoms with van der Waals surface area (Å²) in [7, 11) is 1.54. The molecule has 0 radical (unpaired) electrons. The second-order valence-electron chi connectivity index (χ2n) is 9.10. The van der Waals surface area contributed by atoms with Crippen LogP contribution in [0.1, 0.15) is 39.9 Å². The molecule has 1 atom stereocenters. The van der Waals surface area contributed by atoms with Crippen LogP contribution in [-0.2, 0) is 33.9 Å². The van der Waals surface area contributed by atoms with Gasteiger partial charge in [0.15, 0.2) is 0 Å². The summed E-state index contributed by atoms with van der Waals surface area (Å²) in [5, 5.41) is 8.59. The molecule has 39 heavy (non-hydrogen) atoms. The molecule has 0 saturated carbocycles. The number of fused-ring (bicyclic) bond motifs is 1. The third kappa shape index (κ3) is 8.21. The zero-order valence-corrected chi connectivity index (χ0v) is 23.4. The molecule has 3 N–H and O–H groups in total. The number of hydrogen-bond donors (Lipinski definition) is 3. The molecule has 1 aliphatic heterocycles. The summed E-state index contributed by atoms with van der Waals surface area (Å²) < 4.78 is 0. The fraction of sp³-hybridized carbons (Fsp3) is 0.370. The molecule has 0 saturated heterocycles. The number of aryl methyl sites for hydroxylation is 1. The van der Waals surface area contributed by atoms with Gasteiger partial charge in [-0.1, -0.05) is 29.8 Å². The molecule has 1 heterocycles. The molecule has 12 heteroatoms. The quantitative estimate of drug-likeness (QED) is 0.235. The molecule has 5 amide bonds. The Balaban J connectivity index is 1.54. The fourth-order valence-electron chi connectivity index (χ4n) is 4.19. The lowest BCUT2D eigenvalue weighted by molar-refractivity contribution is -0.130. The Morgan fingerprint density at radius 3 is 2.69 bits per heavy atom. The number of thioether (sulfide) groups is 1. The highest BCUT2D eigenvalue weighted by Gasteiger charge is 2.33. The van der Waals surface area contributed by atoms with E-state index in [1.807, 2.05) is 24.5 Å². The van der Waals surface area contributed by atoms with Crippen molar-refractivity contribution in [2.24, 2.45) is 0 Å². The first kappa shape index (κ1) is 30.0. The van der Waals surface area contributed by atoms with Crippen LogP contribution >= 0.6 is 23.4 Å². The molecule has 2 aromatic carbocycles. The number of carbonyl (C=O) groups excluding carboxylic acids is 5. The predicted octanol–water partition coefficient (Wildman–Crippen LogP) is 3.03. The van der Waals surface area contributed by atoms with Gasteiger partial charge in [-0.05, 0) is 59.7 Å². The van der Waals surface area contributed by atoms with Gasteiger partial charge in [-0.2, -0.15) is 11.8 Å². The van der Waals surface area contributed by atoms with Crippen LogP contribution in [0.15, 0.2) is 36.4 Å². The maximum Gasteiger partial charge on any atom is 0.319 e. The Morgan fingerprint density at radius 2 is 2.00 bits per heavy atom. The van der Waals surface area contributed by atoms with Crippen LogP contribution < -0.4 is 16.0 Å². The van der Waals surface area contributed by atoms with Crippen molar-refractivity contribution >= 4 is 59.6 Å². The highest BCUT2D eigenvalue weighted by molar-refractivity contribution is 7.98. The van der Waals surface area contributed by atoms with Crippen molar-refractivity contribution in [3.63, 3.8) is 0 Å². The number of urea groups is 1. The molecule has 208 valence electrons. The second kappa shape index (κ2) is 14.5. The van der Waals surface area contributed by atoms with Crippen LogP contribution in [-0.4, -0.2) is 72.1 Å². The number of nitrogens with one attached hydrogen (secondary N) is 3. The first-order valence-corrected chi connectivity index (χ1v) is 14.2. The number of hydrogen-bond acceptors (Lipinski definition) is 6. The lowest BCUT2D eigenvalue weighted by Crippen LogP contribution is -2.39. The van der Waals surface area contributed by atoms with Crippen molar-refractivity contribution in [1.82, 2.24) is 20.4 Å². The highest BCUT2D eigenvalue weighted by Crippen LogP contribution is 2.27. The van der Waals surface area contributed by atoms with Gasteiger partial charge in [-0.25, -0.2) is 4.79 Å². The average molecular weight is 574 g/mol. The zero-order chi connectivity index (χ0) is 28.4. The van der Waals surface area contributed by atoms with Crippen molar-refractivity contribution < 1.29 is 24.0 Å². The molecule has 0 bridgehead atoms. The van der Waals surface area contributed by atoms with Gasteiger partial charge in [0.2, 0.25) is 12.3 Å². The minimum atomic E-state index is -0.757. The minimum absolute atomic E-state index is 0.0522. The Morgan fingerprint density at radius 1 is 1.21 bits per heavy atom. The highest BCUT2D eigenvalue weighted by atomic mass is 35.5. The Hall–Kier alpha value is -3.57. The van der Waals surface area contributed by atoms with E-state index in [-0.39, 0.29) is 50.4 Å². The van der Waals surface area contributed by atoms with Crippen molar-refractivity contribution in [3.8, 4) is 0 Å². The van der Waals surface area contributed by atoms with Crippen LogP contribution in [0.25, 0.3) is 0 Å². The maximum atomic E-state index is 12.9. The Labute approximate surface area is 236 Å². The number of nitrogens with zero attached hydrogens (tertiary/aromatic N) is 2. The number of amides is 5. The van der Waals surface area contributed by atoms with Crippen molar-refractivity contribution in [2.75, 3.05) is 31.0 Å². The van der Waals surface area contributed by atoms with Gasteiger partial charge in [-0.15, -0.1) is 0 Å². The molecular weight excluding hydrogens is 542 g/mol. The number of benzene rings is 2. The molecular formula is C27H32ClN5O5S. The summed E-state index contributed by atoms with van der Waals surface area (Å²) in [6, 6.07) is 9.57. The smallest absolute Gasteiger partial charge is 0.319 e. The van der Waals surface area contributed by atoms with Crippen LogP contribution in [0.3, 0.4) is 0 Å². The standard InChI is InChI=1S/C27H32ClN5O5S/c1-32(16-29-17-35)25(36)8-6-22(15-34)33-14-20-11-18(3-7-23(20)26(33)37)13-30-27(38)31-21-5-4-19(9-10-39-2)24(28)12-21/h3-5,7,11-12,15,17,22H,6,8-10,13-14,16H2,1-2H3,(H,29,35)(H2,30,31,38). The van der Waals surface area contributed by atoms with Crippen LogP contribution in [0.5, 0.6) is 0 Å². The first-order valence-electron chi connectivity index (χ1n) is 12.4. The number of carbonyl (C=O) groups is 5. The summed E-state index contributed by atoms with van der Waals surface area (Å²) in [6.45, 7) is 0.532. The summed E-state index contributed by atoms with van der Waals surface area (Å²) in [5.41, 5.74) is 3.65. The van der Waals surface area contributed by atoms with Crippen LogP contribution in [0.2, 0.25) is 5.02 Å². The molecule has 1 unspecified atom stereocenters. The van der Waals surface area contributed by atoms with Gasteiger partial charge in [0.05, 0.1) is 12.7 Å². The molecule has 3 rings (SSSR count). The number of aldehydes is 1. The molecule has 2 aromatic rings. The van der Waals surface area contributed by atoms with E-state index in [0.29, 0.717) is 29.0 Å². The van der Waals surface area contributed by atoms with Crippen LogP contribution in [0.4, 0.5) is 10.5 Å². The van der Waals surface area contributed by atoms with Gasteiger partial charge in [0.25, 0.3) is 5.91 Å². The van der Waals surface area contributed by atoms with Crippen molar-refractivity contribution in [2.45, 2.75) is 38.4 Å². The third-order valence-electron chi connectivity index (χ3n) is 6.39. The van der Waals surface area contributed by atoms with Gasteiger partial charge in [0.1, 0.15) is 6.29 Å². The van der Waals surface area contributed by atoms with Gasteiger partial charge in [-0.3, -0.25) is 14.4 Å². The van der Waals surface area contributed by atoms with Crippen LogP contribution in [0, 0.1) is 0 Å². The monoisotopic (exact) mass is 573 g/mol. The second-order valence-corrected chi connectivity index (χ2v) is 10.5. The Kier molecular flexibility index (Phi) is 11.2. The average Bonchev–Trinajstić information content (AvgIpc) is 3.25. The summed E-state index contributed by atoms with van der Waals surface area (Å²) in [6.07, 6.45) is 4.29. The van der Waals surface area contributed by atoms with E-state index in [4.69, 9.17) is 11.6 Å². The maximum absolute atomic E-state index is 12.9. The summed E-state index contributed by atoms with van der Waals surface area (Å²) in [4.78, 5) is 62.6. The number of rotatable bonds is 14. The Bertz CT molecular complexity index is 1230. The SMILES string of the molecule is CSCCc1ccc(NC(=O)NCc2ccc3c(c2)CN(C(C=O)CCC(=O)N(C)CNC=O)C3=O)cc1Cl. The number of halogens is 1. The normalized spacial score (nSPS) is 12.9. The molecule has 0 aliphatic carbocycles. The van der Waals surface area contributed by atoms with E-state index < -0.39 is 6.04 Å². The zero-order valence-electron chi connectivity index (χ0n) is 21.9. The van der Waals surface area contributed by atoms with Crippen molar-refractivity contribution in [3.05, 3.63) is 63.7 Å². The summed E-state index contributed by atoms with van der Waals surface area (Å²) in [5.74, 6) is 0.437. The largest absolute Gasteiger partial charge is 0.341 e. The van der Waals surface area contributed by atoms with E-state index in [1.54, 1.807) is 37.0 Å². The molecule has 0 aromatic heterocycles. The first-order chi connectivity index (χ1) is 18.8. The van der Waals surface area contributed by atoms with Gasteiger partial charge >= 0.3 is 6.03 Å².